The van der Waals surface area contributed by atoms with Gasteiger partial charge in [0, 0.05) is 19.1 Å². The van der Waals surface area contributed by atoms with Crippen LogP contribution in [-0.4, -0.2) is 29.9 Å². The highest BCUT2D eigenvalue weighted by molar-refractivity contribution is 5.94. The number of benzene rings is 1. The lowest BCUT2D eigenvalue weighted by atomic mass is 10.0. The Balaban J connectivity index is 0.00000220. The molecule has 1 aromatic rings. The van der Waals surface area contributed by atoms with Crippen molar-refractivity contribution in [3.8, 4) is 0 Å². The summed E-state index contributed by atoms with van der Waals surface area (Å²) in [6.07, 6.45) is -3.69. The van der Waals surface area contributed by atoms with Crippen molar-refractivity contribution in [1.82, 2.24) is 4.90 Å². The summed E-state index contributed by atoms with van der Waals surface area (Å²) >= 11 is 0. The van der Waals surface area contributed by atoms with Crippen molar-refractivity contribution in [3.63, 3.8) is 0 Å². The van der Waals surface area contributed by atoms with Gasteiger partial charge in [-0.25, -0.2) is 4.39 Å². The molecule has 8 heteroatoms. The van der Waals surface area contributed by atoms with Crippen LogP contribution in [0.25, 0.3) is 0 Å². The van der Waals surface area contributed by atoms with E-state index in [1.54, 1.807) is 0 Å². The van der Waals surface area contributed by atoms with Gasteiger partial charge in [-0.2, -0.15) is 13.2 Å². The largest absolute Gasteiger partial charge is 0.419 e. The molecule has 0 atom stereocenters. The zero-order chi connectivity index (χ0) is 14.9. The van der Waals surface area contributed by atoms with Crippen molar-refractivity contribution in [3.05, 3.63) is 35.1 Å². The summed E-state index contributed by atoms with van der Waals surface area (Å²) < 4.78 is 51.7. The summed E-state index contributed by atoms with van der Waals surface area (Å²) in [5.41, 5.74) is 3.72. The minimum absolute atomic E-state index is 0. The van der Waals surface area contributed by atoms with Crippen LogP contribution in [0.1, 0.15) is 28.8 Å². The second-order valence-electron chi connectivity index (χ2n) is 4.79. The van der Waals surface area contributed by atoms with Gasteiger partial charge in [0.1, 0.15) is 5.82 Å². The number of nitrogens with two attached hydrogens (primary N) is 1. The van der Waals surface area contributed by atoms with Gasteiger partial charge < -0.3 is 10.6 Å². The Morgan fingerprint density at radius 1 is 1.24 bits per heavy atom. The zero-order valence-electron chi connectivity index (χ0n) is 11.0. The molecule has 0 spiro atoms. The molecule has 0 saturated carbocycles. The van der Waals surface area contributed by atoms with Gasteiger partial charge in [0.25, 0.3) is 5.91 Å². The van der Waals surface area contributed by atoms with Gasteiger partial charge in [-0.05, 0) is 25.0 Å². The minimum atomic E-state index is -4.81. The fourth-order valence-corrected chi connectivity index (χ4v) is 2.19. The van der Waals surface area contributed by atoms with Crippen molar-refractivity contribution in [2.75, 3.05) is 13.1 Å². The molecule has 0 radical (unpaired) electrons. The maximum atomic E-state index is 13.9. The highest BCUT2D eigenvalue weighted by atomic mass is 35.5. The van der Waals surface area contributed by atoms with Crippen molar-refractivity contribution in [2.45, 2.75) is 25.1 Å². The number of alkyl halides is 3. The first-order valence-corrected chi connectivity index (χ1v) is 6.21. The molecule has 2 rings (SSSR count). The molecule has 0 bridgehead atoms. The van der Waals surface area contributed by atoms with Gasteiger partial charge in [0.2, 0.25) is 0 Å². The van der Waals surface area contributed by atoms with Gasteiger partial charge in [-0.3, -0.25) is 4.79 Å². The molecule has 0 aliphatic carbocycles. The molecular weight excluding hydrogens is 312 g/mol. The van der Waals surface area contributed by atoms with Crippen LogP contribution in [0.3, 0.4) is 0 Å². The van der Waals surface area contributed by atoms with Crippen LogP contribution in [-0.2, 0) is 6.18 Å². The number of hydrogen-bond donors (Lipinski definition) is 1. The smallest absolute Gasteiger partial charge is 0.338 e. The summed E-state index contributed by atoms with van der Waals surface area (Å²) in [6, 6.07) is 2.71. The van der Waals surface area contributed by atoms with Gasteiger partial charge in [0.05, 0.1) is 11.1 Å². The molecule has 0 unspecified atom stereocenters. The van der Waals surface area contributed by atoms with Crippen LogP contribution in [0.2, 0.25) is 0 Å². The van der Waals surface area contributed by atoms with E-state index in [0.717, 1.165) is 12.1 Å². The molecular formula is C13H15ClF4N2O. The van der Waals surface area contributed by atoms with Crippen molar-refractivity contribution < 1.29 is 22.4 Å². The predicted octanol–water partition coefficient (Wildman–Crippen LogP) is 2.83. The SMILES string of the molecule is Cl.NC1CCN(C(=O)c2cccc(C(F)(F)F)c2F)CC1. The molecule has 1 saturated heterocycles. The number of amides is 1. The highest BCUT2D eigenvalue weighted by Gasteiger charge is 2.36. The average molecular weight is 327 g/mol. The number of rotatable bonds is 1. The lowest BCUT2D eigenvalue weighted by Crippen LogP contribution is -2.43. The molecule has 1 fully saturated rings. The number of halogens is 5. The van der Waals surface area contributed by atoms with Crippen LogP contribution < -0.4 is 5.73 Å². The second kappa shape index (κ2) is 6.62. The van der Waals surface area contributed by atoms with E-state index in [4.69, 9.17) is 5.73 Å². The molecule has 1 aliphatic rings. The Bertz CT molecular complexity index is 513. The minimum Gasteiger partial charge on any atom is -0.338 e. The molecule has 1 amide bonds. The Morgan fingerprint density at radius 2 is 1.81 bits per heavy atom. The topological polar surface area (TPSA) is 46.3 Å². The fraction of sp³-hybridized carbons (Fsp3) is 0.462. The molecule has 2 N–H and O–H groups in total. The van der Waals surface area contributed by atoms with E-state index in [-0.39, 0.29) is 18.4 Å². The van der Waals surface area contributed by atoms with Crippen LogP contribution in [0.4, 0.5) is 17.6 Å². The maximum Gasteiger partial charge on any atom is 0.419 e. The zero-order valence-corrected chi connectivity index (χ0v) is 11.8. The van der Waals surface area contributed by atoms with E-state index in [1.807, 2.05) is 0 Å². The first-order chi connectivity index (χ1) is 9.30. The second-order valence-corrected chi connectivity index (χ2v) is 4.79. The maximum absolute atomic E-state index is 13.9. The standard InChI is InChI=1S/C13H14F4N2O.ClH/c14-11-9(2-1-3-10(11)13(15,16)17)12(20)19-6-4-8(18)5-7-19;/h1-3,8H,4-7,18H2;1H. The van der Waals surface area contributed by atoms with E-state index < -0.39 is 29.0 Å². The molecule has 118 valence electrons. The monoisotopic (exact) mass is 326 g/mol. The van der Waals surface area contributed by atoms with E-state index in [0.29, 0.717) is 32.0 Å². The molecule has 3 nitrogen and oxygen atoms in total. The van der Waals surface area contributed by atoms with E-state index in [9.17, 15) is 22.4 Å². The first-order valence-electron chi connectivity index (χ1n) is 6.21. The number of likely N-dealkylation sites (tertiary alicyclic amines) is 1. The van der Waals surface area contributed by atoms with Crippen LogP contribution in [0.5, 0.6) is 0 Å². The van der Waals surface area contributed by atoms with Crippen LogP contribution in [0.15, 0.2) is 18.2 Å². The number of nitrogens with zero attached hydrogens (tertiary/aromatic N) is 1. The Kier molecular flexibility index (Phi) is 5.58. The van der Waals surface area contributed by atoms with E-state index in [2.05, 4.69) is 0 Å². The molecule has 0 aromatic heterocycles. The lowest BCUT2D eigenvalue weighted by Gasteiger charge is -2.30. The average Bonchev–Trinajstić information content (AvgIpc) is 2.37. The third kappa shape index (κ3) is 3.85. The van der Waals surface area contributed by atoms with Gasteiger partial charge in [-0.1, -0.05) is 6.07 Å². The summed E-state index contributed by atoms with van der Waals surface area (Å²) in [4.78, 5) is 13.4. The van der Waals surface area contributed by atoms with Gasteiger partial charge in [-0.15, -0.1) is 12.4 Å². The summed E-state index contributed by atoms with van der Waals surface area (Å²) in [6.45, 7) is 0.658. The fourth-order valence-electron chi connectivity index (χ4n) is 2.19. The lowest BCUT2D eigenvalue weighted by molar-refractivity contribution is -0.140. The Labute approximate surface area is 125 Å². The summed E-state index contributed by atoms with van der Waals surface area (Å²) in [7, 11) is 0. The number of hydrogen-bond acceptors (Lipinski definition) is 2. The molecule has 21 heavy (non-hydrogen) atoms. The molecule has 1 aromatic carbocycles. The normalized spacial score (nSPS) is 16.5. The highest BCUT2D eigenvalue weighted by Crippen LogP contribution is 2.32. The third-order valence-corrected chi connectivity index (χ3v) is 3.36. The number of carbonyl (C=O) groups is 1. The van der Waals surface area contributed by atoms with Gasteiger partial charge >= 0.3 is 6.18 Å². The first kappa shape index (κ1) is 17.7. The van der Waals surface area contributed by atoms with E-state index >= 15 is 0 Å². The number of piperidine rings is 1. The van der Waals surface area contributed by atoms with Crippen molar-refractivity contribution >= 4 is 18.3 Å². The van der Waals surface area contributed by atoms with Crippen LogP contribution in [0, 0.1) is 5.82 Å². The van der Waals surface area contributed by atoms with Crippen LogP contribution >= 0.6 is 12.4 Å². The quantitative estimate of drug-likeness (QED) is 0.807. The third-order valence-electron chi connectivity index (χ3n) is 3.36. The Morgan fingerprint density at radius 3 is 2.33 bits per heavy atom. The number of carbonyl (C=O) groups excluding carboxylic acids is 1. The van der Waals surface area contributed by atoms with E-state index in [1.165, 1.54) is 4.90 Å². The predicted molar refractivity (Wildman–Crippen MR) is 71.8 cm³/mol. The van der Waals surface area contributed by atoms with Crippen molar-refractivity contribution in [1.29, 1.82) is 0 Å². The van der Waals surface area contributed by atoms with Gasteiger partial charge in [0.15, 0.2) is 0 Å². The molecule has 1 aliphatic heterocycles. The van der Waals surface area contributed by atoms with Crippen molar-refractivity contribution in [2.24, 2.45) is 5.73 Å². The Hall–Kier alpha value is -1.34. The molecule has 1 heterocycles. The summed E-state index contributed by atoms with van der Waals surface area (Å²) in [5.74, 6) is -2.24. The summed E-state index contributed by atoms with van der Waals surface area (Å²) in [5, 5.41) is 0.